The predicted octanol–water partition coefficient (Wildman–Crippen LogP) is 3.30. The molecule has 0 aliphatic rings. The lowest BCUT2D eigenvalue weighted by Crippen LogP contribution is -2.33. The molecule has 0 spiro atoms. The minimum absolute atomic E-state index is 0.0927. The summed E-state index contributed by atoms with van der Waals surface area (Å²) in [4.78, 5) is 12.1. The number of hydrogen-bond donors (Lipinski definition) is 2. The summed E-state index contributed by atoms with van der Waals surface area (Å²) < 4.78 is 5.61. The minimum Gasteiger partial charge on any atom is -0.463 e. The Morgan fingerprint density at radius 1 is 0.962 bits per heavy atom. The highest BCUT2D eigenvalue weighted by molar-refractivity contribution is 6.30. The maximum atomic E-state index is 12.1. The van der Waals surface area contributed by atoms with Crippen LogP contribution in [0.3, 0.4) is 0 Å². The van der Waals surface area contributed by atoms with Crippen LogP contribution >= 0.6 is 11.6 Å². The highest BCUT2D eigenvalue weighted by Gasteiger charge is 2.12. The second-order valence-electron chi connectivity index (χ2n) is 7.11. The average molecular weight is 369 g/mol. The Morgan fingerprint density at radius 2 is 1.62 bits per heavy atom. The molecule has 0 saturated heterocycles. The van der Waals surface area contributed by atoms with Gasteiger partial charge in [0.05, 0.1) is 5.22 Å². The first-order valence-electron chi connectivity index (χ1n) is 8.34. The van der Waals surface area contributed by atoms with Gasteiger partial charge in [-0.25, -0.2) is 0 Å². The topological polar surface area (TPSA) is 57.9 Å². The van der Waals surface area contributed by atoms with E-state index in [1.165, 1.54) is 11.8 Å². The van der Waals surface area contributed by atoms with Gasteiger partial charge in [-0.3, -0.25) is 15.0 Å². The van der Waals surface area contributed by atoms with Gasteiger partial charge in [0.25, 0.3) is 5.56 Å². The van der Waals surface area contributed by atoms with Gasteiger partial charge in [-0.15, -0.1) is 0 Å². The van der Waals surface area contributed by atoms with Crippen LogP contribution in [0.15, 0.2) is 53.3 Å². The zero-order chi connectivity index (χ0) is 18.7. The van der Waals surface area contributed by atoms with E-state index in [0.29, 0.717) is 21.3 Å². The van der Waals surface area contributed by atoms with E-state index in [1.807, 2.05) is 18.2 Å². The highest BCUT2D eigenvalue weighted by atomic mass is 35.5. The molecule has 26 heavy (non-hydrogen) atoms. The molecule has 0 fully saturated rings. The minimum atomic E-state index is -0.198. The lowest BCUT2D eigenvalue weighted by molar-refractivity contribution is 0.537. The Hall–Kier alpha value is -2.72. The van der Waals surface area contributed by atoms with Crippen LogP contribution in [0.2, 0.25) is 5.02 Å². The number of nitrogens with one attached hydrogen (secondary N) is 2. The van der Waals surface area contributed by atoms with Gasteiger partial charge in [0, 0.05) is 5.02 Å². The standard InChI is InChI=1S/C21H21ClN2O2/c1-21(2,3)15-6-4-14(5-7-15)12-18-19(23-24-20(18)25)13-26-17-10-8-16(22)9-11-17/h4-13,23H,1-3H3,(H,24,25)/b18-12+,19-13-. The first-order chi connectivity index (χ1) is 12.3. The van der Waals surface area contributed by atoms with Crippen molar-refractivity contribution in [1.82, 2.24) is 10.2 Å². The van der Waals surface area contributed by atoms with Gasteiger partial charge >= 0.3 is 0 Å². The molecule has 4 nitrogen and oxygen atoms in total. The summed E-state index contributed by atoms with van der Waals surface area (Å²) in [7, 11) is 0. The molecule has 134 valence electrons. The van der Waals surface area contributed by atoms with Crippen molar-refractivity contribution in [2.24, 2.45) is 0 Å². The van der Waals surface area contributed by atoms with Crippen molar-refractivity contribution in [3.8, 4) is 5.75 Å². The van der Waals surface area contributed by atoms with E-state index in [1.54, 1.807) is 24.3 Å². The van der Waals surface area contributed by atoms with E-state index in [0.717, 1.165) is 5.56 Å². The summed E-state index contributed by atoms with van der Waals surface area (Å²) in [5.74, 6) is 0.636. The van der Waals surface area contributed by atoms with Crippen LogP contribution in [0.1, 0.15) is 31.9 Å². The van der Waals surface area contributed by atoms with Gasteiger partial charge in [0.1, 0.15) is 17.4 Å². The lowest BCUT2D eigenvalue weighted by Gasteiger charge is -2.18. The van der Waals surface area contributed by atoms with Gasteiger partial charge in [-0.2, -0.15) is 0 Å². The molecule has 0 bridgehead atoms. The van der Waals surface area contributed by atoms with E-state index >= 15 is 0 Å². The number of benzene rings is 2. The van der Waals surface area contributed by atoms with Crippen molar-refractivity contribution in [3.63, 3.8) is 0 Å². The van der Waals surface area contributed by atoms with E-state index in [4.69, 9.17) is 16.3 Å². The summed E-state index contributed by atoms with van der Waals surface area (Å²) in [6.07, 6.45) is 3.34. The molecule has 2 N–H and O–H groups in total. The molecular weight excluding hydrogens is 348 g/mol. The summed E-state index contributed by atoms with van der Waals surface area (Å²) in [5, 5.41) is 7.16. The summed E-state index contributed by atoms with van der Waals surface area (Å²) in [6, 6.07) is 15.2. The van der Waals surface area contributed by atoms with Crippen molar-refractivity contribution in [3.05, 3.63) is 85.6 Å². The molecule has 2 aromatic carbocycles. The Bertz CT molecular complexity index is 1050. The van der Waals surface area contributed by atoms with Gasteiger partial charge in [0.2, 0.25) is 0 Å². The van der Waals surface area contributed by atoms with Crippen molar-refractivity contribution in [2.75, 3.05) is 0 Å². The molecule has 1 heterocycles. The fourth-order valence-electron chi connectivity index (χ4n) is 2.50. The van der Waals surface area contributed by atoms with Gasteiger partial charge in [0.15, 0.2) is 0 Å². The maximum absolute atomic E-state index is 12.1. The van der Waals surface area contributed by atoms with Crippen molar-refractivity contribution >= 4 is 23.9 Å². The number of ether oxygens (including phenoxy) is 1. The first-order valence-corrected chi connectivity index (χ1v) is 8.72. The molecule has 0 radical (unpaired) electrons. The zero-order valence-corrected chi connectivity index (χ0v) is 15.7. The van der Waals surface area contributed by atoms with E-state index in [2.05, 4.69) is 43.1 Å². The molecule has 5 heteroatoms. The van der Waals surface area contributed by atoms with Crippen LogP contribution < -0.4 is 20.9 Å². The molecule has 0 saturated carbocycles. The molecule has 0 aliphatic heterocycles. The SMILES string of the molecule is CC(C)(C)c1ccc(/C=c2/c(=O)[nH][nH]/c2=C\Oc2ccc(Cl)cc2)cc1. The molecule has 1 aromatic heterocycles. The number of rotatable bonds is 3. The first kappa shape index (κ1) is 18.1. The fourth-order valence-corrected chi connectivity index (χ4v) is 2.63. The van der Waals surface area contributed by atoms with E-state index in [9.17, 15) is 4.79 Å². The van der Waals surface area contributed by atoms with Crippen LogP contribution in [0.5, 0.6) is 5.75 Å². The van der Waals surface area contributed by atoms with Crippen LogP contribution in [-0.4, -0.2) is 10.2 Å². The van der Waals surface area contributed by atoms with Gasteiger partial charge in [-0.1, -0.05) is 56.6 Å². The largest absolute Gasteiger partial charge is 0.463 e. The van der Waals surface area contributed by atoms with Gasteiger partial charge in [-0.05, 0) is 46.9 Å². The number of hydrogen-bond acceptors (Lipinski definition) is 2. The Labute approximate surface area is 156 Å². The number of aromatic amines is 2. The number of aromatic nitrogens is 2. The monoisotopic (exact) mass is 368 g/mol. The summed E-state index contributed by atoms with van der Waals surface area (Å²) in [5.41, 5.74) is 2.09. The molecule has 3 aromatic rings. The summed E-state index contributed by atoms with van der Waals surface area (Å²) in [6.45, 7) is 6.51. The predicted molar refractivity (Wildman–Crippen MR) is 106 cm³/mol. The van der Waals surface area contributed by atoms with E-state index < -0.39 is 0 Å². The molecule has 0 aliphatic carbocycles. The third-order valence-corrected chi connectivity index (χ3v) is 4.31. The maximum Gasteiger partial charge on any atom is 0.271 e. The lowest BCUT2D eigenvalue weighted by atomic mass is 9.87. The molecule has 0 amide bonds. The van der Waals surface area contributed by atoms with Crippen LogP contribution in [-0.2, 0) is 5.41 Å². The quantitative estimate of drug-likeness (QED) is 0.745. The Balaban J connectivity index is 1.94. The smallest absolute Gasteiger partial charge is 0.271 e. The third kappa shape index (κ3) is 4.27. The second-order valence-corrected chi connectivity index (χ2v) is 7.55. The highest BCUT2D eigenvalue weighted by Crippen LogP contribution is 2.22. The van der Waals surface area contributed by atoms with Crippen LogP contribution in [0.4, 0.5) is 0 Å². The van der Waals surface area contributed by atoms with Crippen molar-refractivity contribution in [1.29, 1.82) is 0 Å². The van der Waals surface area contributed by atoms with Crippen molar-refractivity contribution < 1.29 is 4.74 Å². The average Bonchev–Trinajstić information content (AvgIpc) is 2.94. The molecule has 0 unspecified atom stereocenters. The Morgan fingerprint density at radius 3 is 2.23 bits per heavy atom. The summed E-state index contributed by atoms with van der Waals surface area (Å²) >= 11 is 5.86. The number of halogens is 1. The van der Waals surface area contributed by atoms with Crippen molar-refractivity contribution in [2.45, 2.75) is 26.2 Å². The molecule has 0 atom stereocenters. The van der Waals surface area contributed by atoms with Crippen LogP contribution in [0.25, 0.3) is 12.3 Å². The number of H-pyrrole nitrogens is 2. The van der Waals surface area contributed by atoms with Gasteiger partial charge < -0.3 is 4.74 Å². The third-order valence-electron chi connectivity index (χ3n) is 4.06. The molecule has 3 rings (SSSR count). The van der Waals surface area contributed by atoms with E-state index in [-0.39, 0.29) is 11.0 Å². The zero-order valence-electron chi connectivity index (χ0n) is 15.0. The Kier molecular flexibility index (Phi) is 5.05. The second kappa shape index (κ2) is 7.26. The van der Waals surface area contributed by atoms with Crippen LogP contribution in [0, 0.1) is 0 Å². The fraction of sp³-hybridized carbons (Fsp3) is 0.190. The molecular formula is C21H21ClN2O2. The normalized spacial score (nSPS) is 13.2.